The van der Waals surface area contributed by atoms with Crippen LogP contribution in [0.25, 0.3) is 0 Å². The standard InChI is InChI=1S/C21H32O9/c1-9-4-5-13(29-21-19(26)18(25)17(24)15(8-22)30-21)10(2)7-14-16(12(23)6-9)11(3)20(27)28-14/h4,7,11-19,21-26H,5-6,8H2,1-3H3/b9-4+,10-7+/t11-,12-,13+,14+,15+,16+,17+,18-,19+,21+/m0/s1. The van der Waals surface area contributed by atoms with Crippen molar-refractivity contribution in [1.82, 2.24) is 0 Å². The van der Waals surface area contributed by atoms with E-state index in [0.717, 1.165) is 5.57 Å². The van der Waals surface area contributed by atoms with Crippen molar-refractivity contribution in [2.45, 2.75) is 82.6 Å². The van der Waals surface area contributed by atoms with Gasteiger partial charge in [0.15, 0.2) is 6.29 Å². The molecule has 5 N–H and O–H groups in total. The molecule has 0 unspecified atom stereocenters. The minimum absolute atomic E-state index is 0.361. The summed E-state index contributed by atoms with van der Waals surface area (Å²) in [6.07, 6.45) is -4.28. The van der Waals surface area contributed by atoms with Crippen molar-refractivity contribution in [3.05, 3.63) is 23.3 Å². The Balaban J connectivity index is 1.85. The average molecular weight is 428 g/mol. The largest absolute Gasteiger partial charge is 0.457 e. The van der Waals surface area contributed by atoms with Crippen molar-refractivity contribution in [2.24, 2.45) is 11.8 Å². The zero-order valence-corrected chi connectivity index (χ0v) is 17.4. The van der Waals surface area contributed by atoms with E-state index in [2.05, 4.69) is 0 Å². The lowest BCUT2D eigenvalue weighted by atomic mass is 9.82. The molecule has 2 aliphatic heterocycles. The number of hydrogen-bond donors (Lipinski definition) is 5. The fraction of sp³-hybridized carbons (Fsp3) is 0.762. The van der Waals surface area contributed by atoms with E-state index in [1.54, 1.807) is 19.9 Å². The van der Waals surface area contributed by atoms with Gasteiger partial charge in [0.25, 0.3) is 0 Å². The number of ether oxygens (including phenoxy) is 3. The molecule has 0 aromatic rings. The first-order valence-electron chi connectivity index (χ1n) is 10.3. The molecule has 0 aromatic carbocycles. The Bertz CT molecular complexity index is 688. The van der Waals surface area contributed by atoms with Gasteiger partial charge in [-0.2, -0.15) is 0 Å². The van der Waals surface area contributed by atoms with Crippen LogP contribution in [0.5, 0.6) is 0 Å². The quantitative estimate of drug-likeness (QED) is 0.294. The third-order valence-corrected chi connectivity index (χ3v) is 6.32. The monoisotopic (exact) mass is 428 g/mol. The Labute approximate surface area is 175 Å². The molecule has 0 saturated carbocycles. The summed E-state index contributed by atoms with van der Waals surface area (Å²) in [6.45, 7) is 4.87. The Morgan fingerprint density at radius 2 is 1.83 bits per heavy atom. The maximum atomic E-state index is 12.1. The highest BCUT2D eigenvalue weighted by molar-refractivity contribution is 5.75. The second-order valence-electron chi connectivity index (χ2n) is 8.56. The summed E-state index contributed by atoms with van der Waals surface area (Å²) in [5.41, 5.74) is 1.63. The van der Waals surface area contributed by atoms with Crippen molar-refractivity contribution in [1.29, 1.82) is 0 Å². The minimum atomic E-state index is -1.53. The third-order valence-electron chi connectivity index (χ3n) is 6.32. The van der Waals surface area contributed by atoms with Crippen LogP contribution < -0.4 is 0 Å². The molecule has 1 aliphatic carbocycles. The first-order chi connectivity index (χ1) is 14.1. The molecule has 3 aliphatic rings. The van der Waals surface area contributed by atoms with Gasteiger partial charge in [0, 0.05) is 5.92 Å². The number of esters is 1. The fourth-order valence-electron chi connectivity index (χ4n) is 4.37. The van der Waals surface area contributed by atoms with Gasteiger partial charge in [0.1, 0.15) is 30.5 Å². The second kappa shape index (κ2) is 9.44. The Morgan fingerprint density at radius 1 is 1.13 bits per heavy atom. The molecule has 170 valence electrons. The van der Waals surface area contributed by atoms with Crippen molar-refractivity contribution in [3.63, 3.8) is 0 Å². The first-order valence-corrected chi connectivity index (χ1v) is 10.3. The van der Waals surface area contributed by atoms with Crippen LogP contribution in [0.2, 0.25) is 0 Å². The summed E-state index contributed by atoms with van der Waals surface area (Å²) in [4.78, 5) is 12.1. The summed E-state index contributed by atoms with van der Waals surface area (Å²) in [5.74, 6) is -1.19. The maximum absolute atomic E-state index is 12.1. The molecule has 0 bridgehead atoms. The number of hydrogen-bond acceptors (Lipinski definition) is 9. The van der Waals surface area contributed by atoms with E-state index in [0.29, 0.717) is 18.4 Å². The molecule has 10 atom stereocenters. The van der Waals surface area contributed by atoms with Crippen LogP contribution in [0.15, 0.2) is 23.3 Å². The normalized spacial score (nSPS) is 48.7. The first kappa shape index (κ1) is 23.3. The zero-order chi connectivity index (χ0) is 22.2. The second-order valence-corrected chi connectivity index (χ2v) is 8.56. The molecule has 0 aromatic heterocycles. The molecule has 9 heteroatoms. The van der Waals surface area contributed by atoms with Crippen LogP contribution >= 0.6 is 0 Å². The number of carbonyl (C=O) groups is 1. The predicted molar refractivity (Wildman–Crippen MR) is 104 cm³/mol. The van der Waals surface area contributed by atoms with Crippen molar-refractivity contribution < 1.29 is 44.5 Å². The lowest BCUT2D eigenvalue weighted by Gasteiger charge is -2.41. The van der Waals surface area contributed by atoms with Crippen molar-refractivity contribution >= 4 is 5.97 Å². The highest BCUT2D eigenvalue weighted by atomic mass is 16.7. The topological polar surface area (TPSA) is 146 Å². The van der Waals surface area contributed by atoms with E-state index >= 15 is 0 Å². The molecule has 2 saturated heterocycles. The van der Waals surface area contributed by atoms with Crippen LogP contribution in [0, 0.1) is 11.8 Å². The van der Waals surface area contributed by atoms with E-state index in [4.69, 9.17) is 14.2 Å². The van der Waals surface area contributed by atoms with Crippen LogP contribution in [0.1, 0.15) is 33.6 Å². The lowest BCUT2D eigenvalue weighted by molar-refractivity contribution is -0.308. The minimum Gasteiger partial charge on any atom is -0.457 e. The maximum Gasteiger partial charge on any atom is 0.309 e. The highest BCUT2D eigenvalue weighted by Crippen LogP contribution is 2.36. The summed E-state index contributed by atoms with van der Waals surface area (Å²) < 4.78 is 16.9. The van der Waals surface area contributed by atoms with E-state index in [1.807, 2.05) is 13.0 Å². The van der Waals surface area contributed by atoms with Crippen molar-refractivity contribution in [2.75, 3.05) is 6.61 Å². The van der Waals surface area contributed by atoms with Gasteiger partial charge in [-0.3, -0.25) is 4.79 Å². The van der Waals surface area contributed by atoms with Gasteiger partial charge in [-0.1, -0.05) is 18.6 Å². The van der Waals surface area contributed by atoms with E-state index < -0.39 is 61.5 Å². The van der Waals surface area contributed by atoms with Gasteiger partial charge in [0.2, 0.25) is 0 Å². The zero-order valence-electron chi connectivity index (χ0n) is 17.4. The van der Waals surface area contributed by atoms with Crippen LogP contribution in [0.3, 0.4) is 0 Å². The SMILES string of the molecule is C/C1=C\C[C@@H](O[C@@H]2O[C@H](CO)[C@@H](O)[C@H](O)[C@H]2O)/C(C)=C/[C@H]2OC(=O)[C@@H](C)[C@@H]2[C@@H](O)C1. The Morgan fingerprint density at radius 3 is 2.50 bits per heavy atom. The van der Waals surface area contributed by atoms with Gasteiger partial charge in [-0.25, -0.2) is 0 Å². The molecular weight excluding hydrogens is 396 g/mol. The number of aliphatic hydroxyl groups excluding tert-OH is 5. The van der Waals surface area contributed by atoms with Crippen molar-refractivity contribution in [3.8, 4) is 0 Å². The number of rotatable bonds is 3. The molecular formula is C21H32O9. The summed E-state index contributed by atoms with van der Waals surface area (Å²) in [7, 11) is 0. The summed E-state index contributed by atoms with van der Waals surface area (Å²) >= 11 is 0. The summed E-state index contributed by atoms with van der Waals surface area (Å²) in [5, 5.41) is 50.3. The van der Waals surface area contributed by atoms with E-state index in [1.165, 1.54) is 0 Å². The van der Waals surface area contributed by atoms with Crippen LogP contribution in [-0.4, -0.2) is 87.1 Å². The fourth-order valence-corrected chi connectivity index (χ4v) is 4.37. The van der Waals surface area contributed by atoms with Gasteiger partial charge < -0.3 is 39.7 Å². The van der Waals surface area contributed by atoms with E-state index in [9.17, 15) is 30.3 Å². The molecule has 3 rings (SSSR count). The number of fused-ring (bicyclic) bond motifs is 1. The Kier molecular flexibility index (Phi) is 7.34. The Hall–Kier alpha value is -1.33. The number of aliphatic hydroxyl groups is 5. The third kappa shape index (κ3) is 4.62. The molecule has 0 amide bonds. The highest BCUT2D eigenvalue weighted by Gasteiger charge is 2.47. The van der Waals surface area contributed by atoms with Gasteiger partial charge in [-0.15, -0.1) is 0 Å². The van der Waals surface area contributed by atoms with Gasteiger partial charge in [-0.05, 0) is 38.3 Å². The predicted octanol–water partition coefficient (Wildman–Crippen LogP) is -0.603. The smallest absolute Gasteiger partial charge is 0.309 e. The molecule has 0 spiro atoms. The number of carbonyl (C=O) groups excluding carboxylic acids is 1. The van der Waals surface area contributed by atoms with Crippen LogP contribution in [-0.2, 0) is 19.0 Å². The molecule has 0 radical (unpaired) electrons. The molecule has 9 nitrogen and oxygen atoms in total. The average Bonchev–Trinajstić information content (AvgIpc) is 2.97. The van der Waals surface area contributed by atoms with Gasteiger partial charge in [0.05, 0.1) is 24.7 Å². The molecule has 2 fully saturated rings. The van der Waals surface area contributed by atoms with Gasteiger partial charge >= 0.3 is 5.97 Å². The lowest BCUT2D eigenvalue weighted by Crippen LogP contribution is -2.59. The molecule has 2 heterocycles. The van der Waals surface area contributed by atoms with Crippen LogP contribution in [0.4, 0.5) is 0 Å². The van der Waals surface area contributed by atoms with E-state index in [-0.39, 0.29) is 11.9 Å². The summed E-state index contributed by atoms with van der Waals surface area (Å²) in [6, 6.07) is 0. The molecule has 30 heavy (non-hydrogen) atoms.